The van der Waals surface area contributed by atoms with Gasteiger partial charge in [-0.3, -0.25) is 0 Å². The summed E-state index contributed by atoms with van der Waals surface area (Å²) in [5.41, 5.74) is 6.47. The number of fused-ring (bicyclic) bond motifs is 1. The van der Waals surface area contributed by atoms with Crippen molar-refractivity contribution in [3.05, 3.63) is 95.2 Å². The summed E-state index contributed by atoms with van der Waals surface area (Å²) in [5, 5.41) is 13.1. The quantitative estimate of drug-likeness (QED) is 0.490. The lowest BCUT2D eigenvalue weighted by Gasteiger charge is -2.06. The molecule has 3 aromatic carbocycles. The number of aryl methyl sites for hydroxylation is 1. The summed E-state index contributed by atoms with van der Waals surface area (Å²) in [6, 6.07) is 24.7. The van der Waals surface area contributed by atoms with Crippen LogP contribution < -0.4 is 14.8 Å². The van der Waals surface area contributed by atoms with E-state index in [2.05, 4.69) is 48.6 Å². The van der Waals surface area contributed by atoms with Crippen molar-refractivity contribution in [3.63, 3.8) is 0 Å². The van der Waals surface area contributed by atoms with E-state index in [1.807, 2.05) is 36.4 Å². The van der Waals surface area contributed by atoms with Gasteiger partial charge in [0.05, 0.1) is 6.54 Å². The van der Waals surface area contributed by atoms with Crippen LogP contribution in [0.1, 0.15) is 22.4 Å². The van der Waals surface area contributed by atoms with Crippen molar-refractivity contribution in [1.29, 1.82) is 0 Å². The highest BCUT2D eigenvalue weighted by Crippen LogP contribution is 2.32. The third-order valence-corrected chi connectivity index (χ3v) is 5.28. The van der Waals surface area contributed by atoms with Gasteiger partial charge in [-0.2, -0.15) is 15.0 Å². The predicted octanol–water partition coefficient (Wildman–Crippen LogP) is 4.32. The van der Waals surface area contributed by atoms with Crippen LogP contribution in [0.4, 0.5) is 0 Å². The zero-order valence-electron chi connectivity index (χ0n) is 17.4. The van der Waals surface area contributed by atoms with E-state index in [9.17, 15) is 0 Å². The Kier molecular flexibility index (Phi) is 5.37. The molecule has 31 heavy (non-hydrogen) atoms. The molecule has 1 aromatic heterocycles. The number of ether oxygens (including phenoxy) is 2. The molecule has 0 radical (unpaired) electrons. The standard InChI is InChI=1S/C25H24N4O2/c1-18-7-9-19(10-8-18)16-29-27-22(25(28-29)21-5-3-2-4-6-21)15-26-14-20-11-12-23-24(13-20)31-17-30-23/h2-13,26H,14-17H2,1H3. The molecular weight excluding hydrogens is 388 g/mol. The Hall–Kier alpha value is -3.64. The van der Waals surface area contributed by atoms with Crippen molar-refractivity contribution in [2.75, 3.05) is 6.79 Å². The highest BCUT2D eigenvalue weighted by atomic mass is 16.7. The van der Waals surface area contributed by atoms with E-state index in [0.717, 1.165) is 34.0 Å². The van der Waals surface area contributed by atoms with Crippen LogP contribution in [0.5, 0.6) is 11.5 Å². The molecule has 0 spiro atoms. The van der Waals surface area contributed by atoms with E-state index < -0.39 is 0 Å². The number of benzene rings is 3. The highest BCUT2D eigenvalue weighted by Gasteiger charge is 2.15. The normalized spacial score (nSPS) is 12.3. The fourth-order valence-electron chi connectivity index (χ4n) is 3.63. The minimum absolute atomic E-state index is 0.288. The van der Waals surface area contributed by atoms with Gasteiger partial charge in [-0.25, -0.2) is 0 Å². The molecule has 0 bridgehead atoms. The molecule has 0 saturated carbocycles. The van der Waals surface area contributed by atoms with E-state index in [-0.39, 0.29) is 6.79 Å². The van der Waals surface area contributed by atoms with Gasteiger partial charge >= 0.3 is 0 Å². The van der Waals surface area contributed by atoms with Gasteiger partial charge in [0.2, 0.25) is 6.79 Å². The van der Waals surface area contributed by atoms with Crippen molar-refractivity contribution in [2.24, 2.45) is 0 Å². The van der Waals surface area contributed by atoms with Crippen LogP contribution in [0.3, 0.4) is 0 Å². The van der Waals surface area contributed by atoms with E-state index in [1.165, 1.54) is 11.1 Å². The van der Waals surface area contributed by atoms with Gasteiger partial charge in [-0.15, -0.1) is 0 Å². The van der Waals surface area contributed by atoms with Gasteiger partial charge < -0.3 is 14.8 Å². The third kappa shape index (κ3) is 4.44. The van der Waals surface area contributed by atoms with Crippen LogP contribution in [-0.4, -0.2) is 21.8 Å². The number of rotatable bonds is 7. The molecule has 0 saturated heterocycles. The zero-order valence-corrected chi connectivity index (χ0v) is 17.4. The molecule has 0 unspecified atom stereocenters. The Labute approximate surface area is 181 Å². The summed E-state index contributed by atoms with van der Waals surface area (Å²) in [4.78, 5) is 1.78. The summed E-state index contributed by atoms with van der Waals surface area (Å²) < 4.78 is 10.9. The molecule has 1 aliphatic rings. The monoisotopic (exact) mass is 412 g/mol. The van der Waals surface area contributed by atoms with Crippen molar-refractivity contribution in [1.82, 2.24) is 20.3 Å². The molecule has 0 amide bonds. The van der Waals surface area contributed by atoms with Crippen molar-refractivity contribution < 1.29 is 9.47 Å². The largest absolute Gasteiger partial charge is 0.454 e. The Morgan fingerprint density at radius 1 is 0.839 bits per heavy atom. The van der Waals surface area contributed by atoms with Crippen LogP contribution >= 0.6 is 0 Å². The Morgan fingerprint density at radius 3 is 2.45 bits per heavy atom. The lowest BCUT2D eigenvalue weighted by atomic mass is 10.1. The van der Waals surface area contributed by atoms with E-state index >= 15 is 0 Å². The van der Waals surface area contributed by atoms with E-state index in [1.54, 1.807) is 4.80 Å². The molecule has 6 heteroatoms. The Bertz CT molecular complexity index is 1170. The molecule has 1 aliphatic heterocycles. The van der Waals surface area contributed by atoms with Gasteiger partial charge in [0.1, 0.15) is 11.4 Å². The second-order valence-corrected chi connectivity index (χ2v) is 7.67. The first-order valence-corrected chi connectivity index (χ1v) is 10.4. The number of hydrogen-bond acceptors (Lipinski definition) is 5. The maximum Gasteiger partial charge on any atom is 0.231 e. The first kappa shape index (κ1) is 19.3. The second-order valence-electron chi connectivity index (χ2n) is 7.67. The molecule has 0 atom stereocenters. The number of nitrogens with one attached hydrogen (secondary N) is 1. The third-order valence-electron chi connectivity index (χ3n) is 5.28. The van der Waals surface area contributed by atoms with Crippen molar-refractivity contribution >= 4 is 0 Å². The van der Waals surface area contributed by atoms with E-state index in [4.69, 9.17) is 19.7 Å². The SMILES string of the molecule is Cc1ccc(Cn2nc(CNCc3ccc4c(c3)OCO4)c(-c3ccccc3)n2)cc1. The minimum atomic E-state index is 0.288. The zero-order chi connectivity index (χ0) is 21.0. The van der Waals surface area contributed by atoms with Crippen LogP contribution in [0.25, 0.3) is 11.3 Å². The molecule has 1 N–H and O–H groups in total. The average molecular weight is 412 g/mol. The van der Waals surface area contributed by atoms with Crippen LogP contribution in [0, 0.1) is 6.92 Å². The highest BCUT2D eigenvalue weighted by molar-refractivity contribution is 5.60. The first-order valence-electron chi connectivity index (χ1n) is 10.4. The average Bonchev–Trinajstić information content (AvgIpc) is 3.42. The maximum absolute atomic E-state index is 5.47. The van der Waals surface area contributed by atoms with Gasteiger partial charge in [0.25, 0.3) is 0 Å². The molecular formula is C25H24N4O2. The molecule has 156 valence electrons. The summed E-state index contributed by atoms with van der Waals surface area (Å²) in [6.45, 7) is 4.34. The molecule has 4 aromatic rings. The smallest absolute Gasteiger partial charge is 0.231 e. The number of hydrogen-bond donors (Lipinski definition) is 1. The molecule has 5 rings (SSSR count). The van der Waals surface area contributed by atoms with E-state index in [0.29, 0.717) is 19.6 Å². The summed E-state index contributed by atoms with van der Waals surface area (Å²) in [5.74, 6) is 1.60. The van der Waals surface area contributed by atoms with Crippen LogP contribution in [-0.2, 0) is 19.6 Å². The minimum Gasteiger partial charge on any atom is -0.454 e. The lowest BCUT2D eigenvalue weighted by Crippen LogP contribution is -2.14. The van der Waals surface area contributed by atoms with Gasteiger partial charge in [0.15, 0.2) is 11.5 Å². The fraction of sp³-hybridized carbons (Fsp3) is 0.200. The van der Waals surface area contributed by atoms with Gasteiger partial charge in [-0.05, 0) is 30.2 Å². The maximum atomic E-state index is 5.47. The first-order chi connectivity index (χ1) is 15.2. The topological polar surface area (TPSA) is 61.2 Å². The van der Waals surface area contributed by atoms with Crippen LogP contribution in [0.2, 0.25) is 0 Å². The Morgan fingerprint density at radius 2 is 1.61 bits per heavy atom. The van der Waals surface area contributed by atoms with Crippen LogP contribution in [0.15, 0.2) is 72.8 Å². The molecule has 2 heterocycles. The summed E-state index contributed by atoms with van der Waals surface area (Å²) in [7, 11) is 0. The summed E-state index contributed by atoms with van der Waals surface area (Å²) >= 11 is 0. The lowest BCUT2D eigenvalue weighted by molar-refractivity contribution is 0.174. The predicted molar refractivity (Wildman–Crippen MR) is 119 cm³/mol. The van der Waals surface area contributed by atoms with Gasteiger partial charge in [-0.1, -0.05) is 66.2 Å². The van der Waals surface area contributed by atoms with Crippen molar-refractivity contribution in [3.8, 4) is 22.8 Å². The number of aromatic nitrogens is 3. The van der Waals surface area contributed by atoms with Gasteiger partial charge in [0, 0.05) is 18.7 Å². The van der Waals surface area contributed by atoms with Crippen molar-refractivity contribution in [2.45, 2.75) is 26.6 Å². The molecule has 0 fully saturated rings. The fourth-order valence-corrected chi connectivity index (χ4v) is 3.63. The Balaban J connectivity index is 1.33. The number of nitrogens with zero attached hydrogens (tertiary/aromatic N) is 3. The molecule has 6 nitrogen and oxygen atoms in total. The molecule has 0 aliphatic carbocycles. The summed E-state index contributed by atoms with van der Waals surface area (Å²) in [6.07, 6.45) is 0. The second kappa shape index (κ2) is 8.62.